The Morgan fingerprint density at radius 2 is 0.736 bits per heavy atom. The van der Waals surface area contributed by atoms with Crippen molar-refractivity contribution in [2.24, 2.45) is 0 Å². The molecule has 2 aliphatic rings. The van der Waals surface area contributed by atoms with Gasteiger partial charge >= 0.3 is 35.3 Å². The van der Waals surface area contributed by atoms with Crippen LogP contribution in [0.4, 0.5) is 14.4 Å². The number of unbranched alkanes of at least 4 members (excludes halogenated alkanes) is 9. The highest BCUT2D eigenvalue weighted by molar-refractivity contribution is 6.02. The number of imide groups is 2. The first-order chi connectivity index (χ1) is 25.4. The van der Waals surface area contributed by atoms with Crippen LogP contribution < -0.4 is 33.0 Å². The molecule has 7 amide bonds. The summed E-state index contributed by atoms with van der Waals surface area (Å²) < 4.78 is 3.14. The molecule has 3 heterocycles. The molecule has 1 aromatic rings. The predicted octanol–water partition coefficient (Wildman–Crippen LogP) is 0.701. The van der Waals surface area contributed by atoms with Gasteiger partial charge in [0.1, 0.15) is 0 Å². The Hall–Kier alpha value is -5.50. The van der Waals surface area contributed by atoms with Crippen molar-refractivity contribution < 1.29 is 48.3 Å². The van der Waals surface area contributed by atoms with E-state index in [0.717, 1.165) is 13.7 Å². The van der Waals surface area contributed by atoms with Crippen molar-refractivity contribution in [1.82, 2.24) is 39.8 Å². The van der Waals surface area contributed by atoms with Gasteiger partial charge in [-0.2, -0.15) is 0 Å². The van der Waals surface area contributed by atoms with E-state index in [0.29, 0.717) is 87.2 Å². The molecule has 0 bridgehead atoms. The summed E-state index contributed by atoms with van der Waals surface area (Å²) in [4.78, 5) is 130. The maximum atomic E-state index is 13.4. The van der Waals surface area contributed by atoms with E-state index in [1.165, 1.54) is 0 Å². The van der Waals surface area contributed by atoms with Crippen LogP contribution in [0.15, 0.2) is 14.4 Å². The number of nitrogens with zero attached hydrogens (tertiary/aromatic N) is 5. The van der Waals surface area contributed by atoms with Crippen LogP contribution in [0.3, 0.4) is 0 Å². The van der Waals surface area contributed by atoms with E-state index in [9.17, 15) is 47.9 Å². The zero-order chi connectivity index (χ0) is 38.8. The van der Waals surface area contributed by atoms with Crippen molar-refractivity contribution in [1.29, 1.82) is 0 Å². The standard InChI is InChI=1S/C32H48N8O13/c41-23-13-14-24(42)39(23)52-28(47)34-18-8-2-5-11-21-37-30(49)36(20-10-4-1-7-17-33-27(45)46)31(50)38(32(37)51)22-12-6-3-9-19-35-29(48)53-40-25(43)15-16-26(40)44/h33H,1-22H2,(H,34,47)(H,35,48)(H,45,46). The van der Waals surface area contributed by atoms with Gasteiger partial charge in [-0.3, -0.25) is 19.2 Å². The van der Waals surface area contributed by atoms with E-state index in [1.54, 1.807) is 0 Å². The molecule has 0 atom stereocenters. The summed E-state index contributed by atoms with van der Waals surface area (Å²) in [5.74, 6) is -2.33. The number of carboxylic acid groups (broad SMARTS) is 1. The van der Waals surface area contributed by atoms with Gasteiger partial charge in [0.25, 0.3) is 23.6 Å². The molecule has 21 nitrogen and oxygen atoms in total. The minimum atomic E-state index is -1.11. The second kappa shape index (κ2) is 21.8. The molecule has 0 aromatic carbocycles. The number of amides is 7. The number of carbonyl (C=O) groups is 7. The van der Waals surface area contributed by atoms with E-state index in [2.05, 4.69) is 16.0 Å². The van der Waals surface area contributed by atoms with Gasteiger partial charge in [-0.15, -0.1) is 10.1 Å². The Balaban J connectivity index is 1.48. The number of hydroxylamine groups is 4. The van der Waals surface area contributed by atoms with Crippen molar-refractivity contribution in [2.45, 2.75) is 122 Å². The third kappa shape index (κ3) is 13.5. The van der Waals surface area contributed by atoms with Crippen LogP contribution in [0.1, 0.15) is 103 Å². The smallest absolute Gasteiger partial charge is 0.432 e. The fraction of sp³-hybridized carbons (Fsp3) is 0.688. The number of carbonyl (C=O) groups excluding carboxylic acids is 6. The molecular weight excluding hydrogens is 704 g/mol. The summed E-state index contributed by atoms with van der Waals surface area (Å²) >= 11 is 0. The summed E-state index contributed by atoms with van der Waals surface area (Å²) in [5.41, 5.74) is -2.15. The number of aromatic nitrogens is 3. The van der Waals surface area contributed by atoms with Gasteiger partial charge < -0.3 is 30.7 Å². The molecule has 0 aliphatic carbocycles. The van der Waals surface area contributed by atoms with Gasteiger partial charge in [-0.25, -0.2) is 42.5 Å². The summed E-state index contributed by atoms with van der Waals surface area (Å²) in [5, 5.41) is 16.8. The highest BCUT2D eigenvalue weighted by Gasteiger charge is 2.33. The Labute approximate surface area is 303 Å². The van der Waals surface area contributed by atoms with Gasteiger partial charge in [0, 0.05) is 65.0 Å². The lowest BCUT2D eigenvalue weighted by Crippen LogP contribution is -2.54. The Morgan fingerprint density at radius 1 is 0.453 bits per heavy atom. The zero-order valence-corrected chi connectivity index (χ0v) is 29.6. The number of rotatable bonds is 23. The largest absolute Gasteiger partial charge is 0.465 e. The first-order valence-corrected chi connectivity index (χ1v) is 17.9. The molecule has 2 saturated heterocycles. The molecule has 2 fully saturated rings. The zero-order valence-electron chi connectivity index (χ0n) is 29.6. The highest BCUT2D eigenvalue weighted by atomic mass is 16.7. The van der Waals surface area contributed by atoms with Gasteiger partial charge in [-0.05, 0) is 38.5 Å². The average molecular weight is 753 g/mol. The molecule has 53 heavy (non-hydrogen) atoms. The summed E-state index contributed by atoms with van der Waals surface area (Å²) in [6.07, 6.45) is 3.64. The average Bonchev–Trinajstić information content (AvgIpc) is 3.60. The fourth-order valence-corrected chi connectivity index (χ4v) is 5.62. The highest BCUT2D eigenvalue weighted by Crippen LogP contribution is 2.13. The lowest BCUT2D eigenvalue weighted by atomic mass is 10.2. The molecule has 3 rings (SSSR count). The third-order valence-electron chi connectivity index (χ3n) is 8.49. The summed E-state index contributed by atoms with van der Waals surface area (Å²) in [7, 11) is 0. The van der Waals surface area contributed by atoms with E-state index < -0.39 is 59.0 Å². The van der Waals surface area contributed by atoms with Crippen LogP contribution in [0.2, 0.25) is 0 Å². The van der Waals surface area contributed by atoms with Gasteiger partial charge in [0.2, 0.25) is 0 Å². The molecule has 21 heteroatoms. The maximum Gasteiger partial charge on any atom is 0.432 e. The SMILES string of the molecule is O=C(O)NCCCCCCn1c(=O)n(CCCCCCNC(=O)ON2C(=O)CCC2=O)c(=O)n(CCCCCCNC(=O)ON2C(=O)CCC2=O)c1=O. The number of nitrogens with one attached hydrogen (secondary N) is 3. The molecule has 1 aromatic heterocycles. The summed E-state index contributed by atoms with van der Waals surface area (Å²) in [6, 6.07) is 0. The Kier molecular flexibility index (Phi) is 17.2. The molecule has 0 saturated carbocycles. The Morgan fingerprint density at radius 3 is 1.04 bits per heavy atom. The second-order valence-corrected chi connectivity index (χ2v) is 12.6. The van der Waals surface area contributed by atoms with E-state index in [1.807, 2.05) is 0 Å². The first-order valence-electron chi connectivity index (χ1n) is 17.9. The Bertz CT molecular complexity index is 1530. The van der Waals surface area contributed by atoms with Gasteiger partial charge in [0.05, 0.1) is 0 Å². The molecule has 0 radical (unpaired) electrons. The van der Waals surface area contributed by atoms with E-state index in [4.69, 9.17) is 14.8 Å². The topological polar surface area (TPSA) is 267 Å². The van der Waals surface area contributed by atoms with Crippen molar-refractivity contribution in [2.75, 3.05) is 19.6 Å². The van der Waals surface area contributed by atoms with Gasteiger partial charge in [0.15, 0.2) is 0 Å². The lowest BCUT2D eigenvalue weighted by molar-refractivity contribution is -0.172. The minimum Gasteiger partial charge on any atom is -0.465 e. The second-order valence-electron chi connectivity index (χ2n) is 12.6. The number of hydrogen-bond donors (Lipinski definition) is 4. The van der Waals surface area contributed by atoms with E-state index in [-0.39, 0.29) is 65.0 Å². The van der Waals surface area contributed by atoms with Crippen molar-refractivity contribution in [3.8, 4) is 0 Å². The molecule has 4 N–H and O–H groups in total. The van der Waals surface area contributed by atoms with Crippen LogP contribution in [0, 0.1) is 0 Å². The summed E-state index contributed by atoms with van der Waals surface area (Å²) in [6.45, 7) is 0.902. The fourth-order valence-electron chi connectivity index (χ4n) is 5.62. The minimum absolute atomic E-state index is 0.0120. The number of hydrogen-bond acceptors (Lipinski definition) is 12. The van der Waals surface area contributed by atoms with Crippen LogP contribution in [0.5, 0.6) is 0 Å². The van der Waals surface area contributed by atoms with Crippen molar-refractivity contribution >= 4 is 41.9 Å². The monoisotopic (exact) mass is 752 g/mol. The third-order valence-corrected chi connectivity index (χ3v) is 8.49. The molecule has 0 unspecified atom stereocenters. The first kappa shape index (κ1) is 41.9. The predicted molar refractivity (Wildman–Crippen MR) is 182 cm³/mol. The molecular formula is C32H48N8O13. The maximum absolute atomic E-state index is 13.4. The van der Waals surface area contributed by atoms with E-state index >= 15 is 0 Å². The van der Waals surface area contributed by atoms with Crippen LogP contribution in [-0.2, 0) is 48.5 Å². The van der Waals surface area contributed by atoms with Crippen LogP contribution in [-0.4, -0.2) is 90.5 Å². The lowest BCUT2D eigenvalue weighted by Gasteiger charge is -2.14. The quantitative estimate of drug-likeness (QED) is 0.0887. The van der Waals surface area contributed by atoms with Crippen molar-refractivity contribution in [3.63, 3.8) is 0 Å². The van der Waals surface area contributed by atoms with Gasteiger partial charge in [-0.1, -0.05) is 38.5 Å². The normalized spacial score (nSPS) is 14.2. The molecule has 2 aliphatic heterocycles. The van der Waals surface area contributed by atoms with Crippen molar-refractivity contribution in [3.05, 3.63) is 31.5 Å². The molecule has 294 valence electrons. The van der Waals surface area contributed by atoms with Crippen LogP contribution >= 0.6 is 0 Å². The van der Waals surface area contributed by atoms with Crippen LogP contribution in [0.25, 0.3) is 0 Å². The molecule has 0 spiro atoms.